The quantitative estimate of drug-likeness (QED) is 0.590. The Hall–Kier alpha value is -2.89. The first-order valence-electron chi connectivity index (χ1n) is 9.29. The number of thiophene rings is 1. The van der Waals surface area contributed by atoms with Crippen molar-refractivity contribution in [3.8, 4) is 10.6 Å². The van der Waals surface area contributed by atoms with E-state index < -0.39 is 16.1 Å². The molecule has 1 unspecified atom stereocenters. The third kappa shape index (κ3) is 4.18. The van der Waals surface area contributed by atoms with Crippen LogP contribution in [0.5, 0.6) is 0 Å². The van der Waals surface area contributed by atoms with Gasteiger partial charge in [0.1, 0.15) is 15.9 Å². The molecule has 156 valence electrons. The van der Waals surface area contributed by atoms with Crippen LogP contribution < -0.4 is 10.9 Å². The van der Waals surface area contributed by atoms with Crippen LogP contribution in [0.1, 0.15) is 18.4 Å². The number of nitrogens with one attached hydrogen (secondary N) is 2. The molecule has 0 spiro atoms. The molecule has 3 aromatic heterocycles. The zero-order chi connectivity index (χ0) is 21.1. The predicted molar refractivity (Wildman–Crippen MR) is 111 cm³/mol. The lowest BCUT2D eigenvalue weighted by molar-refractivity contribution is -0.124. The molecule has 2 N–H and O–H groups in total. The van der Waals surface area contributed by atoms with E-state index in [9.17, 15) is 18.0 Å². The second kappa shape index (κ2) is 8.46. The highest BCUT2D eigenvalue weighted by Gasteiger charge is 2.40. The van der Waals surface area contributed by atoms with Crippen molar-refractivity contribution in [2.45, 2.75) is 29.6 Å². The van der Waals surface area contributed by atoms with Crippen LogP contribution in [-0.2, 0) is 21.4 Å². The number of rotatable bonds is 6. The van der Waals surface area contributed by atoms with Gasteiger partial charge in [-0.1, -0.05) is 6.07 Å². The molecule has 1 amide bonds. The zero-order valence-electron chi connectivity index (χ0n) is 15.8. The topological polar surface area (TPSA) is 125 Å². The van der Waals surface area contributed by atoms with E-state index in [2.05, 4.69) is 20.5 Å². The molecular weight excluding hydrogens is 426 g/mol. The number of aromatic amines is 1. The minimum absolute atomic E-state index is 0.137. The number of nitrogens with zero attached hydrogens (tertiary/aromatic N) is 3. The summed E-state index contributed by atoms with van der Waals surface area (Å²) >= 11 is 1.06. The van der Waals surface area contributed by atoms with Gasteiger partial charge in [0.15, 0.2) is 0 Å². The van der Waals surface area contributed by atoms with E-state index in [0.29, 0.717) is 23.4 Å². The van der Waals surface area contributed by atoms with Gasteiger partial charge < -0.3 is 5.32 Å². The number of hydrogen-bond acceptors (Lipinski definition) is 7. The third-order valence-electron chi connectivity index (χ3n) is 4.77. The molecule has 1 aliphatic heterocycles. The second-order valence-corrected chi connectivity index (χ2v) is 9.98. The molecule has 1 saturated heterocycles. The summed E-state index contributed by atoms with van der Waals surface area (Å²) < 4.78 is 27.8. The number of aromatic nitrogens is 3. The van der Waals surface area contributed by atoms with E-state index in [1.807, 2.05) is 6.07 Å². The molecule has 4 heterocycles. The summed E-state index contributed by atoms with van der Waals surface area (Å²) in [5.74, 6) is -0.320. The first-order valence-corrected chi connectivity index (χ1v) is 11.6. The maximum Gasteiger partial charge on any atom is 0.264 e. The molecule has 4 rings (SSSR count). The molecule has 0 saturated carbocycles. The first-order chi connectivity index (χ1) is 14.4. The molecule has 30 heavy (non-hydrogen) atoms. The van der Waals surface area contributed by atoms with Gasteiger partial charge in [0.2, 0.25) is 5.91 Å². The monoisotopic (exact) mass is 445 g/mol. The molecule has 0 aliphatic carbocycles. The summed E-state index contributed by atoms with van der Waals surface area (Å²) in [7, 11) is -3.83. The smallest absolute Gasteiger partial charge is 0.264 e. The van der Waals surface area contributed by atoms with Gasteiger partial charge in [-0.3, -0.25) is 14.6 Å². The SMILES string of the molecule is O=C(NCc1cccnc1)C1CCCN1S(=O)(=O)c1ccc(-c2ccc(=O)[nH]n2)s1. The molecule has 0 radical (unpaired) electrons. The second-order valence-electron chi connectivity index (χ2n) is 6.78. The summed E-state index contributed by atoms with van der Waals surface area (Å²) in [5.41, 5.74) is 0.989. The van der Waals surface area contributed by atoms with Crippen molar-refractivity contribution in [2.75, 3.05) is 6.54 Å². The molecule has 3 aromatic rings. The molecule has 1 aliphatic rings. The summed E-state index contributed by atoms with van der Waals surface area (Å²) in [6, 6.07) is 8.89. The zero-order valence-corrected chi connectivity index (χ0v) is 17.4. The molecule has 1 atom stereocenters. The standard InChI is InChI=1S/C19H19N5O4S2/c25-17-7-5-14(22-23-17)16-6-8-18(29-16)30(27,28)24-10-2-4-15(24)19(26)21-12-13-3-1-9-20-11-13/h1,3,5-9,11,15H,2,4,10,12H2,(H,21,26)(H,23,25). The van der Waals surface area contributed by atoms with Crippen LogP contribution in [0.25, 0.3) is 10.6 Å². The van der Waals surface area contributed by atoms with Crippen molar-refractivity contribution in [1.82, 2.24) is 24.8 Å². The lowest BCUT2D eigenvalue weighted by Gasteiger charge is -2.22. The van der Waals surface area contributed by atoms with E-state index >= 15 is 0 Å². The van der Waals surface area contributed by atoms with E-state index in [-0.39, 0.29) is 28.8 Å². The Bertz CT molecular complexity index is 1190. The number of sulfonamides is 1. The molecule has 1 fully saturated rings. The lowest BCUT2D eigenvalue weighted by Crippen LogP contribution is -2.45. The van der Waals surface area contributed by atoms with E-state index in [1.54, 1.807) is 24.5 Å². The fraction of sp³-hybridized carbons (Fsp3) is 0.263. The van der Waals surface area contributed by atoms with Gasteiger partial charge in [0, 0.05) is 31.5 Å². The maximum atomic E-state index is 13.2. The number of H-pyrrole nitrogens is 1. The van der Waals surface area contributed by atoms with Crippen LogP contribution in [0.4, 0.5) is 0 Å². The number of hydrogen-bond donors (Lipinski definition) is 2. The summed E-state index contributed by atoms with van der Waals surface area (Å²) in [4.78, 5) is 28.5. The number of carbonyl (C=O) groups is 1. The molecule has 0 aromatic carbocycles. The molecular formula is C19H19N5O4S2. The van der Waals surface area contributed by atoms with Gasteiger partial charge in [-0.05, 0) is 42.7 Å². The minimum atomic E-state index is -3.83. The van der Waals surface area contributed by atoms with Gasteiger partial charge in [0.25, 0.3) is 15.6 Å². The van der Waals surface area contributed by atoms with Crippen LogP contribution in [0.2, 0.25) is 0 Å². The third-order valence-corrected chi connectivity index (χ3v) is 8.26. The van der Waals surface area contributed by atoms with Crippen LogP contribution >= 0.6 is 11.3 Å². The van der Waals surface area contributed by atoms with Gasteiger partial charge in [0.05, 0.1) is 4.88 Å². The maximum absolute atomic E-state index is 13.2. The lowest BCUT2D eigenvalue weighted by atomic mass is 10.2. The number of pyridine rings is 1. The fourth-order valence-electron chi connectivity index (χ4n) is 3.29. The highest BCUT2D eigenvalue weighted by molar-refractivity contribution is 7.91. The summed E-state index contributed by atoms with van der Waals surface area (Å²) in [5, 5.41) is 9.07. The Morgan fingerprint density at radius 1 is 1.27 bits per heavy atom. The summed E-state index contributed by atoms with van der Waals surface area (Å²) in [6.45, 7) is 0.579. The van der Waals surface area contributed by atoms with E-state index in [1.165, 1.54) is 22.5 Å². The van der Waals surface area contributed by atoms with Crippen molar-refractivity contribution in [3.05, 3.63) is 64.7 Å². The van der Waals surface area contributed by atoms with Crippen LogP contribution in [-0.4, -0.2) is 46.4 Å². The average molecular weight is 446 g/mol. The largest absolute Gasteiger partial charge is 0.351 e. The van der Waals surface area contributed by atoms with Crippen molar-refractivity contribution in [2.24, 2.45) is 0 Å². The first kappa shape index (κ1) is 20.4. The van der Waals surface area contributed by atoms with Crippen molar-refractivity contribution in [1.29, 1.82) is 0 Å². The van der Waals surface area contributed by atoms with E-state index in [4.69, 9.17) is 0 Å². The minimum Gasteiger partial charge on any atom is -0.351 e. The van der Waals surface area contributed by atoms with Crippen molar-refractivity contribution in [3.63, 3.8) is 0 Å². The van der Waals surface area contributed by atoms with Crippen molar-refractivity contribution >= 4 is 27.3 Å². The van der Waals surface area contributed by atoms with Crippen LogP contribution in [0.3, 0.4) is 0 Å². The van der Waals surface area contributed by atoms with Crippen molar-refractivity contribution < 1.29 is 13.2 Å². The van der Waals surface area contributed by atoms with Crippen LogP contribution in [0.15, 0.2) is 57.8 Å². The van der Waals surface area contributed by atoms with Gasteiger partial charge in [-0.25, -0.2) is 13.5 Å². The number of amides is 1. The van der Waals surface area contributed by atoms with Gasteiger partial charge in [-0.2, -0.15) is 9.40 Å². The Morgan fingerprint density at radius 2 is 2.13 bits per heavy atom. The van der Waals surface area contributed by atoms with Gasteiger partial charge >= 0.3 is 0 Å². The average Bonchev–Trinajstić information content (AvgIpc) is 3.44. The van der Waals surface area contributed by atoms with E-state index in [0.717, 1.165) is 16.9 Å². The molecule has 11 heteroatoms. The normalized spacial score (nSPS) is 17.1. The Balaban J connectivity index is 1.51. The Kier molecular flexibility index (Phi) is 5.75. The summed E-state index contributed by atoms with van der Waals surface area (Å²) in [6.07, 6.45) is 4.39. The Morgan fingerprint density at radius 3 is 2.87 bits per heavy atom. The van der Waals surface area contributed by atoms with Crippen LogP contribution in [0, 0.1) is 0 Å². The highest BCUT2D eigenvalue weighted by Crippen LogP contribution is 2.33. The number of carbonyl (C=O) groups excluding carboxylic acids is 1. The molecule has 0 bridgehead atoms. The fourth-order valence-corrected chi connectivity index (χ4v) is 6.35. The Labute approximate surface area is 176 Å². The highest BCUT2D eigenvalue weighted by atomic mass is 32.2. The van der Waals surface area contributed by atoms with Gasteiger partial charge in [-0.15, -0.1) is 11.3 Å². The predicted octanol–water partition coefficient (Wildman–Crippen LogP) is 1.36. The molecule has 9 nitrogen and oxygen atoms in total.